The Balaban J connectivity index is 1.72. The van der Waals surface area contributed by atoms with Gasteiger partial charge in [0, 0.05) is 5.02 Å². The van der Waals surface area contributed by atoms with Gasteiger partial charge < -0.3 is 4.74 Å². The SMILES string of the molecule is COc1cccc2sc(NC(=O)c3cnn(-c4ccc(Cl)cc4)c3C(F)(F)F)nc12. The van der Waals surface area contributed by atoms with Crippen LogP contribution in [0.3, 0.4) is 0 Å². The highest BCUT2D eigenvalue weighted by molar-refractivity contribution is 7.22. The van der Waals surface area contributed by atoms with Crippen molar-refractivity contribution in [2.24, 2.45) is 0 Å². The molecule has 0 unspecified atom stereocenters. The molecule has 11 heteroatoms. The van der Waals surface area contributed by atoms with Gasteiger partial charge in [-0.3, -0.25) is 10.1 Å². The van der Waals surface area contributed by atoms with Crippen molar-refractivity contribution in [2.75, 3.05) is 12.4 Å². The van der Waals surface area contributed by atoms with Crippen LogP contribution in [0.15, 0.2) is 48.7 Å². The molecule has 0 radical (unpaired) electrons. The molecule has 4 rings (SSSR count). The van der Waals surface area contributed by atoms with Crippen molar-refractivity contribution in [1.29, 1.82) is 0 Å². The van der Waals surface area contributed by atoms with Crippen LogP contribution in [-0.2, 0) is 6.18 Å². The number of para-hydroxylation sites is 1. The zero-order valence-corrected chi connectivity index (χ0v) is 16.8. The second-order valence-corrected chi connectivity index (χ2v) is 7.54. The predicted octanol–water partition coefficient (Wildman–Crippen LogP) is 5.42. The Labute approximate surface area is 176 Å². The van der Waals surface area contributed by atoms with Crippen LogP contribution in [0.4, 0.5) is 18.3 Å². The monoisotopic (exact) mass is 452 g/mol. The van der Waals surface area contributed by atoms with Gasteiger partial charge >= 0.3 is 6.18 Å². The number of fused-ring (bicyclic) bond motifs is 1. The van der Waals surface area contributed by atoms with Crippen LogP contribution in [-0.4, -0.2) is 27.8 Å². The van der Waals surface area contributed by atoms with Crippen LogP contribution in [0.2, 0.25) is 5.02 Å². The lowest BCUT2D eigenvalue weighted by atomic mass is 10.2. The van der Waals surface area contributed by atoms with Gasteiger partial charge in [0.15, 0.2) is 10.8 Å². The molecule has 0 aliphatic carbocycles. The van der Waals surface area contributed by atoms with E-state index in [2.05, 4.69) is 15.4 Å². The average molecular weight is 453 g/mol. The van der Waals surface area contributed by atoms with Crippen LogP contribution < -0.4 is 10.1 Å². The largest absolute Gasteiger partial charge is 0.494 e. The molecule has 2 heterocycles. The number of rotatable bonds is 4. The Morgan fingerprint density at radius 2 is 1.93 bits per heavy atom. The smallest absolute Gasteiger partial charge is 0.434 e. The highest BCUT2D eigenvalue weighted by atomic mass is 35.5. The fourth-order valence-electron chi connectivity index (χ4n) is 2.87. The standard InChI is InChI=1S/C19H12ClF3N4O2S/c1-29-13-3-2-4-14-15(13)25-18(30-14)26-17(28)12-9-24-27(16(12)19(21,22)23)11-7-5-10(20)6-8-11/h2-9H,1H3,(H,25,26,28). The van der Waals surface area contributed by atoms with Crippen molar-refractivity contribution in [2.45, 2.75) is 6.18 Å². The van der Waals surface area contributed by atoms with Crippen LogP contribution >= 0.6 is 22.9 Å². The summed E-state index contributed by atoms with van der Waals surface area (Å²) in [6.45, 7) is 0. The van der Waals surface area contributed by atoms with E-state index in [4.69, 9.17) is 16.3 Å². The summed E-state index contributed by atoms with van der Waals surface area (Å²) in [4.78, 5) is 16.9. The number of aromatic nitrogens is 3. The van der Waals surface area contributed by atoms with Gasteiger partial charge in [0.2, 0.25) is 0 Å². The fraction of sp³-hybridized carbons (Fsp3) is 0.105. The molecule has 1 amide bonds. The number of halogens is 4. The number of carbonyl (C=O) groups is 1. The Morgan fingerprint density at radius 1 is 1.20 bits per heavy atom. The molecule has 0 aliphatic rings. The fourth-order valence-corrected chi connectivity index (χ4v) is 3.88. The first kappa shape index (κ1) is 20.2. The summed E-state index contributed by atoms with van der Waals surface area (Å²) in [6, 6.07) is 10.9. The first-order chi connectivity index (χ1) is 14.3. The third kappa shape index (κ3) is 3.71. The predicted molar refractivity (Wildman–Crippen MR) is 108 cm³/mol. The maximum atomic E-state index is 13.8. The van der Waals surface area contributed by atoms with E-state index in [0.717, 1.165) is 22.2 Å². The summed E-state index contributed by atoms with van der Waals surface area (Å²) in [6.07, 6.45) is -3.94. The van der Waals surface area contributed by atoms with E-state index in [1.54, 1.807) is 18.2 Å². The molecule has 6 nitrogen and oxygen atoms in total. The number of benzene rings is 2. The molecule has 0 fully saturated rings. The summed E-state index contributed by atoms with van der Waals surface area (Å²) in [5.74, 6) is -0.476. The summed E-state index contributed by atoms with van der Waals surface area (Å²) in [5.41, 5.74) is -1.19. The second kappa shape index (κ2) is 7.62. The summed E-state index contributed by atoms with van der Waals surface area (Å²) in [5, 5.41) is 6.70. The second-order valence-electron chi connectivity index (χ2n) is 6.07. The van der Waals surface area contributed by atoms with Crippen LogP contribution in [0.1, 0.15) is 16.1 Å². The third-order valence-electron chi connectivity index (χ3n) is 4.18. The maximum absolute atomic E-state index is 13.8. The maximum Gasteiger partial charge on any atom is 0.434 e. The molecule has 30 heavy (non-hydrogen) atoms. The third-order valence-corrected chi connectivity index (χ3v) is 5.36. The van der Waals surface area contributed by atoms with Crippen LogP contribution in [0.25, 0.3) is 15.9 Å². The highest BCUT2D eigenvalue weighted by Crippen LogP contribution is 2.35. The molecule has 0 bridgehead atoms. The van der Waals surface area contributed by atoms with Gasteiger partial charge in [0.05, 0.1) is 29.3 Å². The minimum Gasteiger partial charge on any atom is -0.494 e. The van der Waals surface area contributed by atoms with Gasteiger partial charge in [0.1, 0.15) is 11.3 Å². The van der Waals surface area contributed by atoms with E-state index < -0.39 is 23.3 Å². The van der Waals surface area contributed by atoms with Crippen LogP contribution in [0, 0.1) is 0 Å². The molecular weight excluding hydrogens is 441 g/mol. The van der Waals surface area contributed by atoms with Crippen molar-refractivity contribution in [3.05, 3.63) is 64.9 Å². The summed E-state index contributed by atoms with van der Waals surface area (Å²) >= 11 is 6.92. The van der Waals surface area contributed by atoms with Gasteiger partial charge in [0.25, 0.3) is 5.91 Å². The van der Waals surface area contributed by atoms with E-state index in [1.807, 2.05) is 0 Å². The molecule has 154 valence electrons. The number of alkyl halides is 3. The summed E-state index contributed by atoms with van der Waals surface area (Å²) < 4.78 is 47.9. The van der Waals surface area contributed by atoms with E-state index in [1.165, 1.54) is 31.4 Å². The first-order valence-corrected chi connectivity index (χ1v) is 9.63. The van der Waals surface area contributed by atoms with Crippen molar-refractivity contribution in [1.82, 2.24) is 14.8 Å². The summed E-state index contributed by atoms with van der Waals surface area (Å²) in [7, 11) is 1.48. The number of nitrogens with zero attached hydrogens (tertiary/aromatic N) is 3. The number of amides is 1. The number of methoxy groups -OCH3 is 1. The Morgan fingerprint density at radius 3 is 2.60 bits per heavy atom. The molecule has 2 aromatic carbocycles. The van der Waals surface area contributed by atoms with Gasteiger partial charge in [-0.2, -0.15) is 18.3 Å². The first-order valence-electron chi connectivity index (χ1n) is 8.44. The normalized spacial score (nSPS) is 11.6. The molecule has 0 aliphatic heterocycles. The van der Waals surface area contributed by atoms with Crippen LogP contribution in [0.5, 0.6) is 5.75 Å². The topological polar surface area (TPSA) is 69.0 Å². The lowest BCUT2D eigenvalue weighted by Gasteiger charge is -2.12. The molecule has 0 spiro atoms. The molecule has 2 aromatic heterocycles. The van der Waals surface area contributed by atoms with Crippen molar-refractivity contribution in [3.63, 3.8) is 0 Å². The van der Waals surface area contributed by atoms with E-state index >= 15 is 0 Å². The average Bonchev–Trinajstić information content (AvgIpc) is 3.32. The molecule has 4 aromatic rings. The number of hydrogen-bond donors (Lipinski definition) is 1. The van der Waals surface area contributed by atoms with Gasteiger partial charge in [-0.25, -0.2) is 9.67 Å². The van der Waals surface area contributed by atoms with E-state index in [9.17, 15) is 18.0 Å². The highest BCUT2D eigenvalue weighted by Gasteiger charge is 2.40. The number of ether oxygens (including phenoxy) is 1. The number of thiazole rings is 1. The molecule has 0 saturated carbocycles. The van der Waals surface area contributed by atoms with Gasteiger partial charge in [-0.05, 0) is 36.4 Å². The molecule has 0 atom stereocenters. The Kier molecular flexibility index (Phi) is 5.12. The zero-order chi connectivity index (χ0) is 21.5. The van der Waals surface area contributed by atoms with Crippen molar-refractivity contribution in [3.8, 4) is 11.4 Å². The zero-order valence-electron chi connectivity index (χ0n) is 15.2. The molecule has 0 saturated heterocycles. The van der Waals surface area contributed by atoms with Crippen molar-refractivity contribution >= 4 is 44.2 Å². The molecular formula is C19H12ClF3N4O2S. The molecule has 1 N–H and O–H groups in total. The Bertz CT molecular complexity index is 1240. The van der Waals surface area contributed by atoms with E-state index in [0.29, 0.717) is 21.0 Å². The minimum atomic E-state index is -4.82. The Hall–Kier alpha value is -3.11. The minimum absolute atomic E-state index is 0.121. The number of hydrogen-bond acceptors (Lipinski definition) is 5. The lowest BCUT2D eigenvalue weighted by Crippen LogP contribution is -2.20. The van der Waals surface area contributed by atoms with Crippen molar-refractivity contribution < 1.29 is 22.7 Å². The number of nitrogens with one attached hydrogen (secondary N) is 1. The van der Waals surface area contributed by atoms with Gasteiger partial charge in [-0.1, -0.05) is 29.0 Å². The van der Waals surface area contributed by atoms with E-state index in [-0.39, 0.29) is 10.8 Å². The lowest BCUT2D eigenvalue weighted by molar-refractivity contribution is -0.143. The number of anilines is 1. The van der Waals surface area contributed by atoms with Gasteiger partial charge in [-0.15, -0.1) is 0 Å². The number of carbonyl (C=O) groups excluding carboxylic acids is 1. The quantitative estimate of drug-likeness (QED) is 0.449.